The highest BCUT2D eigenvalue weighted by Crippen LogP contribution is 2.13. The van der Waals surface area contributed by atoms with Gasteiger partial charge in [0, 0.05) is 29.7 Å². The van der Waals surface area contributed by atoms with Gasteiger partial charge in [-0.15, -0.1) is 0 Å². The molecule has 0 aliphatic heterocycles. The van der Waals surface area contributed by atoms with Gasteiger partial charge in [0.2, 0.25) is 0 Å². The van der Waals surface area contributed by atoms with Gasteiger partial charge in [-0.25, -0.2) is 4.98 Å². The first-order chi connectivity index (χ1) is 22.9. The fourth-order valence-electron chi connectivity index (χ4n) is 4.57. The van der Waals surface area contributed by atoms with Gasteiger partial charge in [-0.2, -0.15) is 0 Å². The molecule has 0 radical (unpaired) electrons. The number of aromatic nitrogens is 4. The van der Waals surface area contributed by atoms with Gasteiger partial charge in [0.15, 0.2) is 5.78 Å². The normalized spacial score (nSPS) is 13.5. The Morgan fingerprint density at radius 2 is 1.08 bits per heavy atom. The summed E-state index contributed by atoms with van der Waals surface area (Å²) in [5.41, 5.74) is 8.10. The van der Waals surface area contributed by atoms with Crippen LogP contribution in [0.25, 0.3) is 0 Å². The summed E-state index contributed by atoms with van der Waals surface area (Å²) >= 11 is 0. The fraction of sp³-hybridized carbons (Fsp3) is 0.395. The van der Waals surface area contributed by atoms with E-state index in [0.29, 0.717) is 24.6 Å². The summed E-state index contributed by atoms with van der Waals surface area (Å²) in [5, 5.41) is 17.9. The largest absolute Gasteiger partial charge is 0.395 e. The van der Waals surface area contributed by atoms with Crippen molar-refractivity contribution in [2.75, 3.05) is 13.2 Å². The maximum Gasteiger partial charge on any atom is 0.178 e. The first-order valence-corrected chi connectivity index (χ1v) is 16.2. The molecule has 4 aromatic heterocycles. The maximum absolute atomic E-state index is 11.4. The van der Waals surface area contributed by atoms with Crippen LogP contribution in [0.3, 0.4) is 0 Å². The number of rotatable bonds is 14. The molecule has 4 aromatic rings. The summed E-state index contributed by atoms with van der Waals surface area (Å²) in [5.74, 6) is 0.483. The van der Waals surface area contributed by atoms with Crippen molar-refractivity contribution < 1.29 is 19.6 Å². The van der Waals surface area contributed by atoms with Crippen LogP contribution in [-0.4, -0.2) is 55.5 Å². The number of Topliss-reactive ketones (excluding diaryl/α,β-unsaturated/α-hetero) is 1. The van der Waals surface area contributed by atoms with Crippen molar-refractivity contribution in [3.05, 3.63) is 118 Å². The number of carbonyl (C=O) groups is 1. The molecular weight excluding hydrogens is 604 g/mol. The Kier molecular flexibility index (Phi) is 15.0. The first kappa shape index (κ1) is 37.6. The van der Waals surface area contributed by atoms with Gasteiger partial charge in [-0.1, -0.05) is 48.4 Å². The second-order valence-electron chi connectivity index (χ2n) is 12.2. The highest BCUT2D eigenvalue weighted by Gasteiger charge is 2.10. The predicted octanol–water partition coefficient (Wildman–Crippen LogP) is 7.06. The summed E-state index contributed by atoms with van der Waals surface area (Å²) in [6.07, 6.45) is 0.960. The third-order valence-electron chi connectivity index (χ3n) is 7.18. The number of aryl methyl sites for hydroxylation is 2. The number of aliphatic hydroxyl groups excluding tert-OH is 1. The summed E-state index contributed by atoms with van der Waals surface area (Å²) in [4.78, 5) is 40.0. The van der Waals surface area contributed by atoms with Crippen molar-refractivity contribution in [2.24, 2.45) is 22.1 Å². The minimum absolute atomic E-state index is 0.0216. The van der Waals surface area contributed by atoms with E-state index in [1.807, 2.05) is 94.4 Å². The zero-order chi connectivity index (χ0) is 35.1. The number of aliphatic hydroxyl groups is 1. The molecule has 0 aromatic carbocycles. The molecule has 10 heteroatoms. The average Bonchev–Trinajstić information content (AvgIpc) is 3.05. The summed E-state index contributed by atoms with van der Waals surface area (Å²) in [6, 6.07) is 22.9. The maximum atomic E-state index is 11.4. The van der Waals surface area contributed by atoms with Crippen molar-refractivity contribution in [2.45, 2.75) is 74.3 Å². The Labute approximate surface area is 284 Å². The molecule has 0 saturated carbocycles. The molecule has 1 N–H and O–H groups in total. The van der Waals surface area contributed by atoms with Gasteiger partial charge < -0.3 is 14.8 Å². The van der Waals surface area contributed by atoms with E-state index in [4.69, 9.17) is 9.68 Å². The number of nitrogens with zero attached hydrogens (tertiary/aromatic N) is 6. The van der Waals surface area contributed by atoms with E-state index in [-0.39, 0.29) is 17.6 Å². The van der Waals surface area contributed by atoms with Crippen LogP contribution in [0.15, 0.2) is 83.1 Å². The molecule has 0 bridgehead atoms. The van der Waals surface area contributed by atoms with Crippen molar-refractivity contribution in [1.29, 1.82) is 0 Å². The molecule has 3 unspecified atom stereocenters. The fourth-order valence-corrected chi connectivity index (χ4v) is 4.57. The standard InChI is InChI=1S/C19H25N3O2.C19H23N3O2/c2*1-13(11-17-8-6-10-19(21-17)16(4)23)12-24-22-15(3)18-9-5-7-14(2)20-18/h5-10,13,16,23H,11-12H2,1-4H3;5-10,13H,11-12H2,1-4H3/b2*22-15+. The van der Waals surface area contributed by atoms with Crippen molar-refractivity contribution in [3.63, 3.8) is 0 Å². The minimum atomic E-state index is -0.550. The number of hydrogen-bond acceptors (Lipinski definition) is 10. The third kappa shape index (κ3) is 13.1. The highest BCUT2D eigenvalue weighted by molar-refractivity contribution is 5.97. The molecule has 0 amide bonds. The molecule has 0 spiro atoms. The van der Waals surface area contributed by atoms with Crippen LogP contribution in [0.4, 0.5) is 0 Å². The second-order valence-corrected chi connectivity index (χ2v) is 12.2. The molecule has 4 heterocycles. The lowest BCUT2D eigenvalue weighted by Crippen LogP contribution is -2.10. The summed E-state index contributed by atoms with van der Waals surface area (Å²) < 4.78 is 0. The van der Waals surface area contributed by atoms with E-state index in [2.05, 4.69) is 44.1 Å². The van der Waals surface area contributed by atoms with E-state index in [1.165, 1.54) is 6.92 Å². The smallest absolute Gasteiger partial charge is 0.178 e. The number of oxime groups is 2. The number of pyridine rings is 4. The zero-order valence-corrected chi connectivity index (χ0v) is 29.3. The highest BCUT2D eigenvalue weighted by atomic mass is 16.6. The molecule has 48 heavy (non-hydrogen) atoms. The molecule has 0 saturated heterocycles. The Morgan fingerprint density at radius 1 is 0.646 bits per heavy atom. The first-order valence-electron chi connectivity index (χ1n) is 16.2. The van der Waals surface area contributed by atoms with Gasteiger partial charge in [-0.05, 0) is 108 Å². The van der Waals surface area contributed by atoms with Crippen LogP contribution < -0.4 is 0 Å². The quantitative estimate of drug-likeness (QED) is 0.0870. The van der Waals surface area contributed by atoms with E-state index in [0.717, 1.165) is 58.4 Å². The van der Waals surface area contributed by atoms with Crippen LogP contribution in [0, 0.1) is 25.7 Å². The van der Waals surface area contributed by atoms with E-state index >= 15 is 0 Å². The van der Waals surface area contributed by atoms with Crippen molar-refractivity contribution in [3.8, 4) is 0 Å². The summed E-state index contributed by atoms with van der Waals surface area (Å²) in [6.45, 7) is 16.1. The molecule has 10 nitrogen and oxygen atoms in total. The Balaban J connectivity index is 0.000000260. The number of ketones is 1. The van der Waals surface area contributed by atoms with Crippen molar-refractivity contribution in [1.82, 2.24) is 19.9 Å². The van der Waals surface area contributed by atoms with Crippen LogP contribution in [0.2, 0.25) is 0 Å². The van der Waals surface area contributed by atoms with Crippen LogP contribution in [0.1, 0.15) is 98.0 Å². The lowest BCUT2D eigenvalue weighted by atomic mass is 10.1. The molecule has 0 fully saturated rings. The Bertz CT molecular complexity index is 1690. The van der Waals surface area contributed by atoms with Gasteiger partial charge in [0.05, 0.1) is 23.2 Å². The molecule has 3 atom stereocenters. The van der Waals surface area contributed by atoms with Crippen LogP contribution in [0.5, 0.6) is 0 Å². The van der Waals surface area contributed by atoms with E-state index < -0.39 is 6.10 Å². The van der Waals surface area contributed by atoms with Gasteiger partial charge in [0.1, 0.15) is 30.3 Å². The monoisotopic (exact) mass is 652 g/mol. The van der Waals surface area contributed by atoms with Gasteiger partial charge in [-0.3, -0.25) is 19.7 Å². The molecular formula is C38H48N6O4. The molecule has 0 aliphatic rings. The van der Waals surface area contributed by atoms with Crippen LogP contribution in [-0.2, 0) is 22.5 Å². The topological polar surface area (TPSA) is 132 Å². The number of carbonyl (C=O) groups excluding carboxylic acids is 1. The van der Waals surface area contributed by atoms with Crippen LogP contribution >= 0.6 is 0 Å². The third-order valence-corrected chi connectivity index (χ3v) is 7.18. The van der Waals surface area contributed by atoms with E-state index in [1.54, 1.807) is 13.0 Å². The summed E-state index contributed by atoms with van der Waals surface area (Å²) in [7, 11) is 0. The zero-order valence-electron chi connectivity index (χ0n) is 29.3. The number of hydrogen-bond donors (Lipinski definition) is 1. The lowest BCUT2D eigenvalue weighted by molar-refractivity contribution is 0.101. The van der Waals surface area contributed by atoms with E-state index in [9.17, 15) is 9.90 Å². The van der Waals surface area contributed by atoms with Gasteiger partial charge >= 0.3 is 0 Å². The predicted molar refractivity (Wildman–Crippen MR) is 189 cm³/mol. The second kappa shape index (κ2) is 19.1. The van der Waals surface area contributed by atoms with Crippen molar-refractivity contribution >= 4 is 17.2 Å². The SMILES string of the molecule is C/C(=N\OCC(C)Cc1cccc(C(C)O)n1)c1cccc(C)n1.CC(=O)c1cccc(CC(C)CO/N=C(\C)c2cccc(C)n2)n1. The average molecular weight is 653 g/mol. The Hall–Kier alpha value is -4.83. The molecule has 0 aliphatic carbocycles. The minimum Gasteiger partial charge on any atom is -0.395 e. The molecule has 254 valence electrons. The van der Waals surface area contributed by atoms with Gasteiger partial charge in [0.25, 0.3) is 0 Å². The Morgan fingerprint density at radius 3 is 1.54 bits per heavy atom. The molecule has 4 rings (SSSR count). The lowest BCUT2D eigenvalue weighted by Gasteiger charge is -2.11.